The molecule has 1 atom stereocenters. The van der Waals surface area contributed by atoms with Crippen molar-refractivity contribution in [1.82, 2.24) is 10.2 Å². The van der Waals surface area contributed by atoms with Gasteiger partial charge in [-0.1, -0.05) is 67.9 Å². The van der Waals surface area contributed by atoms with Crippen molar-refractivity contribution >= 4 is 23.4 Å². The van der Waals surface area contributed by atoms with Gasteiger partial charge in [-0.3, -0.25) is 9.59 Å². The van der Waals surface area contributed by atoms with Crippen LogP contribution in [0.5, 0.6) is 0 Å². The van der Waals surface area contributed by atoms with E-state index < -0.39 is 6.04 Å². The van der Waals surface area contributed by atoms with Crippen LogP contribution in [0.1, 0.15) is 50.3 Å². The summed E-state index contributed by atoms with van der Waals surface area (Å²) >= 11 is 6.13. The number of likely N-dealkylation sites (tertiary alicyclic amines) is 1. The lowest BCUT2D eigenvalue weighted by Gasteiger charge is -2.35. The highest BCUT2D eigenvalue weighted by atomic mass is 35.5. The summed E-state index contributed by atoms with van der Waals surface area (Å²) in [4.78, 5) is 27.4. The quantitative estimate of drug-likeness (QED) is 0.779. The summed E-state index contributed by atoms with van der Waals surface area (Å²) < 4.78 is 0. The number of hydrogen-bond acceptors (Lipinski definition) is 2. The minimum Gasteiger partial charge on any atom is -0.353 e. The van der Waals surface area contributed by atoms with Gasteiger partial charge in [0, 0.05) is 29.9 Å². The smallest absolute Gasteiger partial charge is 0.247 e. The van der Waals surface area contributed by atoms with Crippen molar-refractivity contribution in [2.45, 2.75) is 44.6 Å². The number of piperidine rings is 1. The van der Waals surface area contributed by atoms with Gasteiger partial charge in [0.25, 0.3) is 0 Å². The second-order valence-electron chi connectivity index (χ2n) is 7.97. The standard InChI is InChI=1S/C23H27ClN2O2/c1-23(2,18-11-8-12-19(24)15-18)16-25-22(28)21(17-9-4-3-5-10-17)26-14-7-6-13-20(26)27/h3-5,8-12,15,21H,6-7,13-14,16H2,1-2H3,(H,25,28). The van der Waals surface area contributed by atoms with E-state index in [9.17, 15) is 9.59 Å². The van der Waals surface area contributed by atoms with Crippen molar-refractivity contribution < 1.29 is 9.59 Å². The number of nitrogens with zero attached hydrogens (tertiary/aromatic N) is 1. The summed E-state index contributed by atoms with van der Waals surface area (Å²) in [6.45, 7) is 5.21. The number of carbonyl (C=O) groups excluding carboxylic acids is 2. The largest absolute Gasteiger partial charge is 0.353 e. The van der Waals surface area contributed by atoms with Crippen LogP contribution in [0, 0.1) is 0 Å². The number of nitrogens with one attached hydrogen (secondary N) is 1. The number of halogens is 1. The molecule has 0 radical (unpaired) electrons. The van der Waals surface area contributed by atoms with Crippen molar-refractivity contribution in [1.29, 1.82) is 0 Å². The van der Waals surface area contributed by atoms with E-state index in [1.807, 2.05) is 54.6 Å². The lowest BCUT2D eigenvalue weighted by molar-refractivity contribution is -0.142. The van der Waals surface area contributed by atoms with E-state index in [0.29, 0.717) is 24.5 Å². The zero-order chi connectivity index (χ0) is 20.1. The van der Waals surface area contributed by atoms with Crippen LogP contribution < -0.4 is 5.32 Å². The van der Waals surface area contributed by atoms with Gasteiger partial charge in [-0.25, -0.2) is 0 Å². The maximum absolute atomic E-state index is 13.2. The maximum atomic E-state index is 13.2. The first-order valence-electron chi connectivity index (χ1n) is 9.77. The van der Waals surface area contributed by atoms with Gasteiger partial charge >= 0.3 is 0 Å². The van der Waals surface area contributed by atoms with Crippen LogP contribution in [0.3, 0.4) is 0 Å². The van der Waals surface area contributed by atoms with Crippen molar-refractivity contribution in [3.63, 3.8) is 0 Å². The fourth-order valence-corrected chi connectivity index (χ4v) is 3.81. The Morgan fingerprint density at radius 2 is 1.89 bits per heavy atom. The van der Waals surface area contributed by atoms with Crippen LogP contribution in [0.2, 0.25) is 5.02 Å². The average molecular weight is 399 g/mol. The van der Waals surface area contributed by atoms with E-state index in [4.69, 9.17) is 11.6 Å². The highest BCUT2D eigenvalue weighted by molar-refractivity contribution is 6.30. The van der Waals surface area contributed by atoms with Gasteiger partial charge in [0.05, 0.1) is 0 Å². The average Bonchev–Trinajstić information content (AvgIpc) is 2.69. The van der Waals surface area contributed by atoms with E-state index >= 15 is 0 Å². The fourth-order valence-electron chi connectivity index (χ4n) is 3.62. The van der Waals surface area contributed by atoms with Gasteiger partial charge in [-0.05, 0) is 36.1 Å². The molecule has 2 aromatic rings. The number of benzene rings is 2. The third kappa shape index (κ3) is 4.74. The summed E-state index contributed by atoms with van der Waals surface area (Å²) in [5.74, 6) is -0.0964. The molecule has 2 aromatic carbocycles. The molecule has 1 saturated heterocycles. The van der Waals surface area contributed by atoms with Crippen LogP contribution in [-0.2, 0) is 15.0 Å². The fraction of sp³-hybridized carbons (Fsp3) is 0.391. The van der Waals surface area contributed by atoms with Crippen molar-refractivity contribution in [3.05, 3.63) is 70.7 Å². The van der Waals surface area contributed by atoms with Gasteiger partial charge in [0.15, 0.2) is 0 Å². The monoisotopic (exact) mass is 398 g/mol. The molecule has 1 N–H and O–H groups in total. The van der Waals surface area contributed by atoms with Crippen LogP contribution in [0.4, 0.5) is 0 Å². The van der Waals surface area contributed by atoms with Crippen molar-refractivity contribution in [3.8, 4) is 0 Å². The summed E-state index contributed by atoms with van der Waals surface area (Å²) in [7, 11) is 0. The molecule has 2 amide bonds. The van der Waals surface area contributed by atoms with Crippen LogP contribution >= 0.6 is 11.6 Å². The Labute approximate surface area is 171 Å². The number of amides is 2. The molecule has 1 unspecified atom stereocenters. The number of hydrogen-bond donors (Lipinski definition) is 1. The predicted molar refractivity (Wildman–Crippen MR) is 112 cm³/mol. The number of rotatable bonds is 6. The van der Waals surface area contributed by atoms with E-state index in [1.165, 1.54) is 0 Å². The van der Waals surface area contributed by atoms with E-state index in [1.54, 1.807) is 4.90 Å². The van der Waals surface area contributed by atoms with Crippen LogP contribution in [0.15, 0.2) is 54.6 Å². The van der Waals surface area contributed by atoms with Crippen molar-refractivity contribution in [2.75, 3.05) is 13.1 Å². The minimum atomic E-state index is -0.593. The van der Waals surface area contributed by atoms with Crippen LogP contribution in [0.25, 0.3) is 0 Å². The van der Waals surface area contributed by atoms with Crippen molar-refractivity contribution in [2.24, 2.45) is 0 Å². The highest BCUT2D eigenvalue weighted by Gasteiger charge is 2.33. The topological polar surface area (TPSA) is 49.4 Å². The Morgan fingerprint density at radius 3 is 2.57 bits per heavy atom. The third-order valence-corrected chi connectivity index (χ3v) is 5.58. The Kier molecular flexibility index (Phi) is 6.40. The lowest BCUT2D eigenvalue weighted by atomic mass is 9.84. The summed E-state index contributed by atoms with van der Waals surface area (Å²) in [5.41, 5.74) is 1.62. The van der Waals surface area contributed by atoms with E-state index in [0.717, 1.165) is 24.0 Å². The second-order valence-corrected chi connectivity index (χ2v) is 8.41. The van der Waals surface area contributed by atoms with Gasteiger partial charge in [-0.15, -0.1) is 0 Å². The SMILES string of the molecule is CC(C)(CNC(=O)C(c1ccccc1)N1CCCCC1=O)c1cccc(Cl)c1. The summed E-state index contributed by atoms with van der Waals surface area (Å²) in [6, 6.07) is 16.6. The normalized spacial score (nSPS) is 16.0. The predicted octanol–water partition coefficient (Wildman–Crippen LogP) is 4.49. The van der Waals surface area contributed by atoms with Gasteiger partial charge in [0.2, 0.25) is 11.8 Å². The minimum absolute atomic E-state index is 0.0457. The number of carbonyl (C=O) groups is 2. The molecule has 0 aromatic heterocycles. The van der Waals surface area contributed by atoms with Gasteiger partial charge in [0.1, 0.15) is 6.04 Å². The van der Waals surface area contributed by atoms with E-state index in [2.05, 4.69) is 19.2 Å². The molecule has 1 heterocycles. The Balaban J connectivity index is 1.79. The Bertz CT molecular complexity index is 836. The molecular formula is C23H27ClN2O2. The molecule has 148 valence electrons. The molecule has 1 fully saturated rings. The first-order valence-corrected chi connectivity index (χ1v) is 10.1. The van der Waals surface area contributed by atoms with Crippen LogP contribution in [-0.4, -0.2) is 29.8 Å². The van der Waals surface area contributed by atoms with E-state index in [-0.39, 0.29) is 17.2 Å². The summed E-state index contributed by atoms with van der Waals surface area (Å²) in [5, 5.41) is 3.76. The third-order valence-electron chi connectivity index (χ3n) is 5.35. The zero-order valence-corrected chi connectivity index (χ0v) is 17.2. The molecule has 0 spiro atoms. The molecule has 1 aliphatic rings. The Hall–Kier alpha value is -2.33. The molecule has 28 heavy (non-hydrogen) atoms. The second kappa shape index (κ2) is 8.78. The van der Waals surface area contributed by atoms with Gasteiger partial charge < -0.3 is 10.2 Å². The molecular weight excluding hydrogens is 372 g/mol. The first-order chi connectivity index (χ1) is 13.4. The Morgan fingerprint density at radius 1 is 1.14 bits per heavy atom. The molecule has 0 saturated carbocycles. The summed E-state index contributed by atoms with van der Waals surface area (Å²) in [6.07, 6.45) is 2.32. The highest BCUT2D eigenvalue weighted by Crippen LogP contribution is 2.28. The first kappa shape index (κ1) is 20.4. The molecule has 0 aliphatic carbocycles. The molecule has 0 bridgehead atoms. The lowest BCUT2D eigenvalue weighted by Crippen LogP contribution is -2.47. The molecule has 4 nitrogen and oxygen atoms in total. The molecule has 3 rings (SSSR count). The van der Waals surface area contributed by atoms with Gasteiger partial charge in [-0.2, -0.15) is 0 Å². The zero-order valence-electron chi connectivity index (χ0n) is 16.5. The maximum Gasteiger partial charge on any atom is 0.247 e. The molecule has 1 aliphatic heterocycles. The molecule has 5 heteroatoms.